The quantitative estimate of drug-likeness (QED) is 0.791. The molecule has 2 aromatic rings. The first-order chi connectivity index (χ1) is 11.6. The zero-order valence-electron chi connectivity index (χ0n) is 13.8. The van der Waals surface area contributed by atoms with E-state index in [1.165, 1.54) is 29.5 Å². The largest absolute Gasteiger partial charge is 0.349 e. The van der Waals surface area contributed by atoms with Crippen LogP contribution in [0.15, 0.2) is 42.5 Å². The molecule has 0 saturated carbocycles. The van der Waals surface area contributed by atoms with Gasteiger partial charge in [0.1, 0.15) is 0 Å². The van der Waals surface area contributed by atoms with Gasteiger partial charge in [0.15, 0.2) is 0 Å². The molecule has 0 bridgehead atoms. The lowest BCUT2D eigenvalue weighted by atomic mass is 10.0. The van der Waals surface area contributed by atoms with Crippen molar-refractivity contribution in [3.8, 4) is 0 Å². The van der Waals surface area contributed by atoms with Crippen LogP contribution in [0.1, 0.15) is 41.6 Å². The van der Waals surface area contributed by atoms with Gasteiger partial charge < -0.3 is 5.32 Å². The molecule has 1 aliphatic carbocycles. The highest BCUT2D eigenvalue weighted by Gasteiger charge is 2.15. The van der Waals surface area contributed by atoms with Crippen LogP contribution in [0.5, 0.6) is 0 Å². The lowest BCUT2D eigenvalue weighted by Crippen LogP contribution is -2.28. The molecule has 0 fully saturated rings. The van der Waals surface area contributed by atoms with Gasteiger partial charge in [0.05, 0.1) is 11.8 Å². The van der Waals surface area contributed by atoms with Gasteiger partial charge in [0.25, 0.3) is 0 Å². The second-order valence-corrected chi connectivity index (χ2v) is 7.65. The van der Waals surface area contributed by atoms with Gasteiger partial charge >= 0.3 is 0 Å². The van der Waals surface area contributed by atoms with Crippen molar-refractivity contribution < 1.29 is 4.79 Å². The number of carbonyl (C=O) groups excluding carboxylic acids is 1. The highest BCUT2D eigenvalue weighted by atomic mass is 35.5. The lowest BCUT2D eigenvalue weighted by molar-refractivity contribution is -0.119. The molecular weight excluding hydrogens is 338 g/mol. The van der Waals surface area contributed by atoms with Gasteiger partial charge in [0.2, 0.25) is 5.91 Å². The first-order valence-corrected chi connectivity index (χ1v) is 9.89. The van der Waals surface area contributed by atoms with Crippen molar-refractivity contribution in [1.82, 2.24) is 5.32 Å². The van der Waals surface area contributed by atoms with Crippen molar-refractivity contribution in [1.29, 1.82) is 0 Å². The highest BCUT2D eigenvalue weighted by molar-refractivity contribution is 7.99. The fourth-order valence-electron chi connectivity index (χ4n) is 3.10. The third-order valence-electron chi connectivity index (χ3n) is 4.45. The maximum absolute atomic E-state index is 12.2. The summed E-state index contributed by atoms with van der Waals surface area (Å²) in [6.45, 7) is 2.05. The van der Waals surface area contributed by atoms with Crippen molar-refractivity contribution in [3.05, 3.63) is 69.7 Å². The van der Waals surface area contributed by atoms with Crippen LogP contribution in [0.3, 0.4) is 0 Å². The van der Waals surface area contributed by atoms with Gasteiger partial charge in [-0.25, -0.2) is 0 Å². The first-order valence-electron chi connectivity index (χ1n) is 8.35. The minimum absolute atomic E-state index is 0.0457. The molecule has 2 nitrogen and oxygen atoms in total. The molecule has 0 aromatic heterocycles. The Morgan fingerprint density at radius 2 is 2.00 bits per heavy atom. The number of benzene rings is 2. The number of amides is 1. The van der Waals surface area contributed by atoms with E-state index < -0.39 is 0 Å². The molecule has 1 aliphatic rings. The van der Waals surface area contributed by atoms with E-state index in [1.54, 1.807) is 11.8 Å². The molecule has 0 spiro atoms. The summed E-state index contributed by atoms with van der Waals surface area (Å²) in [5.74, 6) is 1.26. The standard InChI is InChI=1S/C20H22ClNOS/c1-14(16-10-9-15-6-4-7-17(15)11-16)22-20(23)13-24-12-18-5-2-3-8-19(18)21/h2-3,5,8-11,14H,4,6-7,12-13H2,1H3,(H,22,23)/t14-/m0/s1. The Morgan fingerprint density at radius 3 is 2.83 bits per heavy atom. The Balaban J connectivity index is 1.48. The van der Waals surface area contributed by atoms with Crippen LogP contribution in [0.2, 0.25) is 5.02 Å². The maximum Gasteiger partial charge on any atom is 0.230 e. The second-order valence-electron chi connectivity index (χ2n) is 6.26. The van der Waals surface area contributed by atoms with Crippen LogP contribution in [0.4, 0.5) is 0 Å². The summed E-state index contributed by atoms with van der Waals surface area (Å²) in [6, 6.07) is 14.4. The Morgan fingerprint density at radius 1 is 1.21 bits per heavy atom. The highest BCUT2D eigenvalue weighted by Crippen LogP contribution is 2.25. The SMILES string of the molecule is C[C@H](NC(=O)CSCc1ccccc1Cl)c1ccc2c(c1)CCC2. The number of halogens is 1. The Kier molecular flexibility index (Phi) is 5.85. The van der Waals surface area contributed by atoms with Crippen molar-refractivity contribution in [2.75, 3.05) is 5.75 Å². The van der Waals surface area contributed by atoms with E-state index in [1.807, 2.05) is 31.2 Å². The van der Waals surface area contributed by atoms with Crippen LogP contribution in [0, 0.1) is 0 Å². The minimum atomic E-state index is 0.0457. The molecule has 1 N–H and O–H groups in total. The van der Waals surface area contributed by atoms with E-state index in [9.17, 15) is 4.79 Å². The molecule has 126 valence electrons. The number of carbonyl (C=O) groups is 1. The van der Waals surface area contributed by atoms with Gasteiger partial charge in [0, 0.05) is 10.8 Å². The normalized spacial score (nSPS) is 14.2. The molecule has 0 heterocycles. The van der Waals surface area contributed by atoms with E-state index in [2.05, 4.69) is 23.5 Å². The molecule has 0 unspecified atom stereocenters. The van der Waals surface area contributed by atoms with Gasteiger partial charge in [-0.05, 0) is 54.5 Å². The summed E-state index contributed by atoms with van der Waals surface area (Å²) in [6.07, 6.45) is 3.60. The average molecular weight is 360 g/mol. The minimum Gasteiger partial charge on any atom is -0.349 e. The summed E-state index contributed by atoms with van der Waals surface area (Å²) in [5.41, 5.74) is 5.18. The number of hydrogen-bond donors (Lipinski definition) is 1. The van der Waals surface area contributed by atoms with E-state index in [0.29, 0.717) is 5.75 Å². The molecule has 1 atom stereocenters. The molecule has 24 heavy (non-hydrogen) atoms. The number of fused-ring (bicyclic) bond motifs is 1. The summed E-state index contributed by atoms with van der Waals surface area (Å²) >= 11 is 7.73. The summed E-state index contributed by atoms with van der Waals surface area (Å²) < 4.78 is 0. The number of rotatable bonds is 6. The molecule has 0 radical (unpaired) electrons. The fourth-order valence-corrected chi connectivity index (χ4v) is 4.22. The van der Waals surface area contributed by atoms with Crippen LogP contribution < -0.4 is 5.32 Å². The third-order valence-corrected chi connectivity index (χ3v) is 5.80. The predicted molar refractivity (Wildman–Crippen MR) is 103 cm³/mol. The van der Waals surface area contributed by atoms with Crippen molar-refractivity contribution in [2.45, 2.75) is 38.0 Å². The Labute approximate surface area is 153 Å². The summed E-state index contributed by atoms with van der Waals surface area (Å²) in [7, 11) is 0. The maximum atomic E-state index is 12.2. The van der Waals surface area contributed by atoms with Crippen molar-refractivity contribution in [2.24, 2.45) is 0 Å². The van der Waals surface area contributed by atoms with Crippen molar-refractivity contribution >= 4 is 29.3 Å². The van der Waals surface area contributed by atoms with Gasteiger partial charge in [-0.15, -0.1) is 11.8 Å². The van der Waals surface area contributed by atoms with Gasteiger partial charge in [-0.2, -0.15) is 0 Å². The topological polar surface area (TPSA) is 29.1 Å². The summed E-state index contributed by atoms with van der Waals surface area (Å²) in [5, 5.41) is 3.86. The third kappa shape index (κ3) is 4.34. The van der Waals surface area contributed by atoms with Crippen molar-refractivity contribution in [3.63, 3.8) is 0 Å². The average Bonchev–Trinajstić information content (AvgIpc) is 3.04. The van der Waals surface area contributed by atoms with E-state index >= 15 is 0 Å². The molecule has 3 rings (SSSR count). The predicted octanol–water partition coefficient (Wildman–Crippen LogP) is 4.94. The first kappa shape index (κ1) is 17.4. The van der Waals surface area contributed by atoms with Gasteiger partial charge in [-0.1, -0.05) is 48.0 Å². The molecule has 2 aromatic carbocycles. The van der Waals surface area contributed by atoms with E-state index in [0.717, 1.165) is 22.8 Å². The summed E-state index contributed by atoms with van der Waals surface area (Å²) in [4.78, 5) is 12.2. The van der Waals surface area contributed by atoms with Gasteiger partial charge in [-0.3, -0.25) is 4.79 Å². The Bertz CT molecular complexity index is 731. The molecule has 1 amide bonds. The number of thioether (sulfide) groups is 1. The number of nitrogens with one attached hydrogen (secondary N) is 1. The fraction of sp³-hybridized carbons (Fsp3) is 0.350. The van der Waals surface area contributed by atoms with Crippen LogP contribution in [-0.2, 0) is 23.4 Å². The smallest absolute Gasteiger partial charge is 0.230 e. The molecule has 0 aliphatic heterocycles. The second kappa shape index (κ2) is 8.09. The van der Waals surface area contributed by atoms with Crippen LogP contribution in [-0.4, -0.2) is 11.7 Å². The zero-order chi connectivity index (χ0) is 16.9. The lowest BCUT2D eigenvalue weighted by Gasteiger charge is -2.15. The zero-order valence-corrected chi connectivity index (χ0v) is 15.4. The van der Waals surface area contributed by atoms with Crippen LogP contribution >= 0.6 is 23.4 Å². The van der Waals surface area contributed by atoms with E-state index in [-0.39, 0.29) is 11.9 Å². The van der Waals surface area contributed by atoms with Crippen LogP contribution in [0.25, 0.3) is 0 Å². The molecular formula is C20H22ClNOS. The van der Waals surface area contributed by atoms with E-state index in [4.69, 9.17) is 11.6 Å². The Hall–Kier alpha value is -1.45. The molecule has 4 heteroatoms. The molecule has 0 saturated heterocycles. The monoisotopic (exact) mass is 359 g/mol. The number of aryl methyl sites for hydroxylation is 2. The number of hydrogen-bond acceptors (Lipinski definition) is 2.